The third-order valence-corrected chi connectivity index (χ3v) is 3.97. The first-order chi connectivity index (χ1) is 10.3. The monoisotopic (exact) mass is 431 g/mol. The van der Waals surface area contributed by atoms with Gasteiger partial charge >= 0.3 is 0 Å². The first-order valence-electron chi connectivity index (χ1n) is 7.17. The van der Waals surface area contributed by atoms with Crippen LogP contribution in [0.3, 0.4) is 0 Å². The summed E-state index contributed by atoms with van der Waals surface area (Å²) < 4.78 is 0. The maximum Gasteiger partial charge on any atom is 0.191 e. The fraction of sp³-hybridized carbons (Fsp3) is 0.400. The minimum atomic E-state index is 0. The first-order valence-corrected chi connectivity index (χ1v) is 7.99. The zero-order chi connectivity index (χ0) is 14.9. The zero-order valence-corrected chi connectivity index (χ0v) is 16.0. The maximum absolute atomic E-state index is 4.53. The molecule has 5 nitrogen and oxygen atoms in total. The lowest BCUT2D eigenvalue weighted by Gasteiger charge is -2.09. The number of nitrogens with one attached hydrogen (secondary N) is 2. The summed E-state index contributed by atoms with van der Waals surface area (Å²) in [5.41, 5.74) is 0.956. The Bertz CT molecular complexity index is 570. The molecule has 0 radical (unpaired) electrons. The van der Waals surface area contributed by atoms with Crippen molar-refractivity contribution in [1.29, 1.82) is 0 Å². The van der Waals surface area contributed by atoms with Gasteiger partial charge in [0, 0.05) is 23.8 Å². The number of nitrogens with zero attached hydrogens (tertiary/aromatic N) is 3. The Morgan fingerprint density at radius 1 is 1.23 bits per heavy atom. The van der Waals surface area contributed by atoms with Gasteiger partial charge in [0.05, 0.1) is 18.8 Å². The van der Waals surface area contributed by atoms with E-state index >= 15 is 0 Å². The molecule has 0 atom stereocenters. The van der Waals surface area contributed by atoms with Crippen LogP contribution in [0.25, 0.3) is 0 Å². The number of hydrogen-bond donors (Lipinski definition) is 2. The van der Waals surface area contributed by atoms with Crippen molar-refractivity contribution in [2.24, 2.45) is 4.99 Å². The van der Waals surface area contributed by atoms with E-state index in [0.717, 1.165) is 29.6 Å². The molecule has 0 aliphatic carbocycles. The molecule has 2 N–H and O–H groups in total. The molecule has 22 heavy (non-hydrogen) atoms. The molecule has 2 heterocycles. The van der Waals surface area contributed by atoms with E-state index in [2.05, 4.69) is 39.4 Å². The molecule has 0 aliphatic rings. The van der Waals surface area contributed by atoms with Crippen molar-refractivity contribution in [1.82, 2.24) is 20.6 Å². The molecule has 0 fully saturated rings. The molecule has 7 heteroatoms. The van der Waals surface area contributed by atoms with Crippen molar-refractivity contribution < 1.29 is 0 Å². The average molecular weight is 431 g/mol. The molecule has 0 saturated heterocycles. The fourth-order valence-electron chi connectivity index (χ4n) is 1.75. The lowest BCUT2D eigenvalue weighted by molar-refractivity contribution is 0.807. The number of aliphatic imine (C=N–C) groups is 1. The van der Waals surface area contributed by atoms with Crippen LogP contribution in [-0.4, -0.2) is 22.5 Å². The lowest BCUT2D eigenvalue weighted by Crippen LogP contribution is -2.36. The Labute approximate surface area is 152 Å². The van der Waals surface area contributed by atoms with E-state index in [1.54, 1.807) is 17.5 Å². The average Bonchev–Trinajstić information content (AvgIpc) is 2.99. The number of aryl methyl sites for hydroxylation is 1. The number of aromatic nitrogens is 2. The molecular weight excluding hydrogens is 409 g/mol. The predicted octanol–water partition coefficient (Wildman–Crippen LogP) is 2.97. The summed E-state index contributed by atoms with van der Waals surface area (Å²) in [7, 11) is 0. The highest BCUT2D eigenvalue weighted by atomic mass is 127. The van der Waals surface area contributed by atoms with Crippen LogP contribution in [0.4, 0.5) is 0 Å². The van der Waals surface area contributed by atoms with Gasteiger partial charge in [-0.3, -0.25) is 4.98 Å². The van der Waals surface area contributed by atoms with Gasteiger partial charge in [-0.1, -0.05) is 13.0 Å². The minimum Gasteiger partial charge on any atom is -0.357 e. The number of halogens is 1. The molecule has 0 saturated carbocycles. The van der Waals surface area contributed by atoms with E-state index in [1.165, 1.54) is 4.88 Å². The first kappa shape index (κ1) is 18.8. The summed E-state index contributed by atoms with van der Waals surface area (Å²) in [5.74, 6) is 0.788. The smallest absolute Gasteiger partial charge is 0.191 e. The van der Waals surface area contributed by atoms with Gasteiger partial charge in [0.1, 0.15) is 5.01 Å². The third-order valence-electron chi connectivity index (χ3n) is 2.83. The van der Waals surface area contributed by atoms with Gasteiger partial charge in [-0.05, 0) is 25.5 Å². The lowest BCUT2D eigenvalue weighted by atomic mass is 10.3. The third kappa shape index (κ3) is 6.27. The van der Waals surface area contributed by atoms with Crippen LogP contribution < -0.4 is 10.6 Å². The van der Waals surface area contributed by atoms with Gasteiger partial charge in [0.2, 0.25) is 0 Å². The van der Waals surface area contributed by atoms with Crippen molar-refractivity contribution in [3.05, 3.63) is 46.2 Å². The van der Waals surface area contributed by atoms with Crippen LogP contribution in [0.2, 0.25) is 0 Å². The van der Waals surface area contributed by atoms with E-state index < -0.39 is 0 Å². The van der Waals surface area contributed by atoms with Crippen molar-refractivity contribution >= 4 is 41.3 Å². The summed E-state index contributed by atoms with van der Waals surface area (Å²) in [5, 5.41) is 7.61. The number of hydrogen-bond acceptors (Lipinski definition) is 4. The highest BCUT2D eigenvalue weighted by molar-refractivity contribution is 14.0. The van der Waals surface area contributed by atoms with Gasteiger partial charge < -0.3 is 10.6 Å². The molecule has 2 aromatic heterocycles. The summed E-state index contributed by atoms with van der Waals surface area (Å²) in [6, 6.07) is 5.85. The zero-order valence-electron chi connectivity index (χ0n) is 12.9. The second kappa shape index (κ2) is 10.5. The second-order valence-corrected chi connectivity index (χ2v) is 5.64. The van der Waals surface area contributed by atoms with E-state index in [9.17, 15) is 0 Å². The Balaban J connectivity index is 0.00000242. The second-order valence-electron chi connectivity index (χ2n) is 4.44. The van der Waals surface area contributed by atoms with Crippen LogP contribution in [0.1, 0.15) is 29.4 Å². The SMILES string of the molecule is CCNC(=NCc1ccccn1)NCc1ncc(CC)s1.I. The van der Waals surface area contributed by atoms with Gasteiger partial charge in [0.25, 0.3) is 0 Å². The van der Waals surface area contributed by atoms with Gasteiger partial charge in [-0.15, -0.1) is 35.3 Å². The molecule has 0 aromatic carbocycles. The van der Waals surface area contributed by atoms with Gasteiger partial charge in [-0.2, -0.15) is 0 Å². The Kier molecular flexibility index (Phi) is 8.98. The Hall–Kier alpha value is -1.22. The fourth-order valence-corrected chi connectivity index (χ4v) is 2.55. The van der Waals surface area contributed by atoms with E-state index in [1.807, 2.05) is 24.4 Å². The minimum absolute atomic E-state index is 0. The molecule has 120 valence electrons. The van der Waals surface area contributed by atoms with E-state index in [0.29, 0.717) is 13.1 Å². The summed E-state index contributed by atoms with van der Waals surface area (Å²) in [4.78, 5) is 14.5. The number of thiazole rings is 1. The van der Waals surface area contributed by atoms with Crippen LogP contribution >= 0.6 is 35.3 Å². The Morgan fingerprint density at radius 3 is 2.73 bits per heavy atom. The van der Waals surface area contributed by atoms with E-state index in [-0.39, 0.29) is 24.0 Å². The number of pyridine rings is 1. The summed E-state index contributed by atoms with van der Waals surface area (Å²) >= 11 is 1.74. The maximum atomic E-state index is 4.53. The normalized spacial score (nSPS) is 10.9. The van der Waals surface area contributed by atoms with Crippen molar-refractivity contribution in [3.63, 3.8) is 0 Å². The van der Waals surface area contributed by atoms with Crippen LogP contribution in [0.5, 0.6) is 0 Å². The molecular formula is C15H22IN5S. The predicted molar refractivity (Wildman–Crippen MR) is 103 cm³/mol. The van der Waals surface area contributed by atoms with E-state index in [4.69, 9.17) is 0 Å². The largest absolute Gasteiger partial charge is 0.357 e. The van der Waals surface area contributed by atoms with Crippen molar-refractivity contribution in [3.8, 4) is 0 Å². The van der Waals surface area contributed by atoms with Crippen LogP contribution in [0, 0.1) is 0 Å². The van der Waals surface area contributed by atoms with Crippen molar-refractivity contribution in [2.75, 3.05) is 6.54 Å². The summed E-state index contributed by atoms with van der Waals surface area (Å²) in [6.07, 6.45) is 4.76. The molecule has 0 spiro atoms. The summed E-state index contributed by atoms with van der Waals surface area (Å²) in [6.45, 7) is 6.28. The molecule has 0 aliphatic heterocycles. The molecule has 2 aromatic rings. The van der Waals surface area contributed by atoms with Gasteiger partial charge in [0.15, 0.2) is 5.96 Å². The van der Waals surface area contributed by atoms with Crippen molar-refractivity contribution in [2.45, 2.75) is 33.4 Å². The molecule has 0 amide bonds. The highest BCUT2D eigenvalue weighted by Crippen LogP contribution is 2.12. The van der Waals surface area contributed by atoms with Crippen LogP contribution in [-0.2, 0) is 19.5 Å². The number of rotatable bonds is 6. The van der Waals surface area contributed by atoms with Gasteiger partial charge in [-0.25, -0.2) is 9.98 Å². The Morgan fingerprint density at radius 2 is 2.09 bits per heavy atom. The number of guanidine groups is 1. The quantitative estimate of drug-likeness (QED) is 0.420. The van der Waals surface area contributed by atoms with Crippen LogP contribution in [0.15, 0.2) is 35.6 Å². The molecule has 0 bridgehead atoms. The standard InChI is InChI=1S/C15H21N5S.HI/c1-3-13-10-18-14(21-13)11-20-15(16-4-2)19-9-12-7-5-6-8-17-12;/h5-8,10H,3-4,9,11H2,1-2H3,(H2,16,19,20);1H. The topological polar surface area (TPSA) is 62.2 Å². The molecule has 2 rings (SSSR count). The highest BCUT2D eigenvalue weighted by Gasteiger charge is 2.02. The molecule has 0 unspecified atom stereocenters.